The maximum Gasteiger partial charge on any atom is 0.0728 e. The van der Waals surface area contributed by atoms with Crippen LogP contribution in [0.2, 0.25) is 0 Å². The van der Waals surface area contributed by atoms with Crippen LogP contribution < -0.4 is 5.32 Å². The number of rotatable bonds is 4. The van der Waals surface area contributed by atoms with Crippen LogP contribution in [0.3, 0.4) is 0 Å². The third-order valence-corrected chi connectivity index (χ3v) is 3.26. The Morgan fingerprint density at radius 2 is 1.85 bits per heavy atom. The van der Waals surface area contributed by atoms with Gasteiger partial charge in [0.1, 0.15) is 0 Å². The summed E-state index contributed by atoms with van der Waals surface area (Å²) in [6.45, 7) is 0.752. The minimum absolute atomic E-state index is 0.752. The van der Waals surface area contributed by atoms with Crippen molar-refractivity contribution >= 4 is 5.69 Å². The first-order valence-electron chi connectivity index (χ1n) is 6.61. The molecule has 0 saturated heterocycles. The summed E-state index contributed by atoms with van der Waals surface area (Å²) in [6, 6.07) is 21.2. The Morgan fingerprint density at radius 3 is 2.60 bits per heavy atom. The molecule has 0 atom stereocenters. The smallest absolute Gasteiger partial charge is 0.0728 e. The quantitative estimate of drug-likeness (QED) is 0.780. The third kappa shape index (κ3) is 2.57. The molecule has 0 unspecified atom stereocenters. The zero-order chi connectivity index (χ0) is 13.8. The highest BCUT2D eigenvalue weighted by molar-refractivity contribution is 5.63. The predicted molar refractivity (Wildman–Crippen MR) is 81.2 cm³/mol. The third-order valence-electron chi connectivity index (χ3n) is 3.26. The molecular formula is C17H16N3. The van der Waals surface area contributed by atoms with E-state index in [1.165, 1.54) is 11.1 Å². The highest BCUT2D eigenvalue weighted by Crippen LogP contribution is 2.23. The fourth-order valence-corrected chi connectivity index (χ4v) is 2.28. The average Bonchev–Trinajstić information content (AvgIpc) is 2.88. The molecule has 3 rings (SSSR count). The van der Waals surface area contributed by atoms with E-state index in [4.69, 9.17) is 0 Å². The van der Waals surface area contributed by atoms with Crippen molar-refractivity contribution in [1.29, 1.82) is 0 Å². The van der Waals surface area contributed by atoms with E-state index >= 15 is 0 Å². The van der Waals surface area contributed by atoms with E-state index in [-0.39, 0.29) is 0 Å². The van der Waals surface area contributed by atoms with E-state index < -0.39 is 0 Å². The molecule has 0 saturated carbocycles. The summed E-state index contributed by atoms with van der Waals surface area (Å²) < 4.78 is 1.92. The van der Waals surface area contributed by atoms with Crippen LogP contribution in [0.25, 0.3) is 11.3 Å². The Bertz CT molecular complexity index is 672. The first-order chi connectivity index (χ1) is 9.84. The van der Waals surface area contributed by atoms with Crippen LogP contribution in [0.4, 0.5) is 5.69 Å². The Morgan fingerprint density at radius 1 is 1.10 bits per heavy atom. The van der Waals surface area contributed by atoms with Gasteiger partial charge in [0.05, 0.1) is 11.9 Å². The molecule has 0 aliphatic heterocycles. The van der Waals surface area contributed by atoms with Gasteiger partial charge in [-0.1, -0.05) is 42.5 Å². The molecule has 1 radical (unpaired) electrons. The van der Waals surface area contributed by atoms with Crippen molar-refractivity contribution in [2.24, 2.45) is 7.05 Å². The largest absolute Gasteiger partial charge is 0.381 e. The van der Waals surface area contributed by atoms with Gasteiger partial charge in [-0.3, -0.25) is 4.68 Å². The Balaban J connectivity index is 1.85. The highest BCUT2D eigenvalue weighted by atomic mass is 15.3. The molecule has 0 amide bonds. The van der Waals surface area contributed by atoms with Gasteiger partial charge in [-0.15, -0.1) is 0 Å². The molecule has 0 aliphatic carbocycles. The number of anilines is 1. The summed E-state index contributed by atoms with van der Waals surface area (Å²) in [6.07, 6.45) is 1.92. The van der Waals surface area contributed by atoms with Crippen molar-refractivity contribution in [2.45, 2.75) is 6.54 Å². The van der Waals surface area contributed by atoms with Gasteiger partial charge in [0.15, 0.2) is 0 Å². The number of hydrogen-bond donors (Lipinski definition) is 1. The second-order valence-corrected chi connectivity index (χ2v) is 4.65. The number of nitrogens with one attached hydrogen (secondary N) is 1. The first-order valence-corrected chi connectivity index (χ1v) is 6.61. The van der Waals surface area contributed by atoms with Gasteiger partial charge in [-0.05, 0) is 18.2 Å². The van der Waals surface area contributed by atoms with Crippen molar-refractivity contribution in [2.75, 3.05) is 5.32 Å². The van der Waals surface area contributed by atoms with E-state index in [1.54, 1.807) is 0 Å². The zero-order valence-corrected chi connectivity index (χ0v) is 11.4. The van der Waals surface area contributed by atoms with Crippen molar-refractivity contribution < 1.29 is 0 Å². The second kappa shape index (κ2) is 5.61. The van der Waals surface area contributed by atoms with E-state index in [2.05, 4.69) is 28.6 Å². The molecule has 1 N–H and O–H groups in total. The summed E-state index contributed by atoms with van der Waals surface area (Å²) in [5.74, 6) is 0. The van der Waals surface area contributed by atoms with Gasteiger partial charge in [0.25, 0.3) is 0 Å². The van der Waals surface area contributed by atoms with Crippen molar-refractivity contribution in [3.63, 3.8) is 0 Å². The van der Waals surface area contributed by atoms with Crippen LogP contribution in [-0.4, -0.2) is 9.78 Å². The molecule has 1 aromatic heterocycles. The summed E-state index contributed by atoms with van der Waals surface area (Å²) in [4.78, 5) is 0. The van der Waals surface area contributed by atoms with E-state index in [9.17, 15) is 0 Å². The van der Waals surface area contributed by atoms with Crippen molar-refractivity contribution in [3.8, 4) is 11.3 Å². The summed E-state index contributed by atoms with van der Waals surface area (Å²) in [5, 5.41) is 7.79. The Kier molecular flexibility index (Phi) is 3.50. The predicted octanol–water partition coefficient (Wildman–Crippen LogP) is 3.50. The number of hydrogen-bond acceptors (Lipinski definition) is 2. The lowest BCUT2D eigenvalue weighted by Gasteiger charge is -2.08. The van der Waals surface area contributed by atoms with Crippen molar-refractivity contribution in [3.05, 3.63) is 72.4 Å². The SMILES string of the molecule is Cn1ncc(CNc2cc[c]cc2)c1-c1ccccc1. The summed E-state index contributed by atoms with van der Waals surface area (Å²) in [5.41, 5.74) is 4.62. The van der Waals surface area contributed by atoms with Crippen LogP contribution in [-0.2, 0) is 13.6 Å². The van der Waals surface area contributed by atoms with Crippen LogP contribution in [0, 0.1) is 6.07 Å². The standard InChI is InChI=1S/C17H16N3/c1-20-17(14-8-4-2-5-9-14)15(13-19-20)12-18-16-10-6-3-7-11-16/h2,4-11,13,18H,12H2,1H3. The van der Waals surface area contributed by atoms with Gasteiger partial charge >= 0.3 is 0 Å². The monoisotopic (exact) mass is 262 g/mol. The van der Waals surface area contributed by atoms with Gasteiger partial charge in [-0.25, -0.2) is 0 Å². The Labute approximate surface area is 118 Å². The molecule has 2 aromatic carbocycles. The minimum Gasteiger partial charge on any atom is -0.381 e. The average molecular weight is 262 g/mol. The Hall–Kier alpha value is -2.55. The fraction of sp³-hybridized carbons (Fsp3) is 0.118. The molecule has 3 aromatic rings. The molecule has 0 bridgehead atoms. The molecule has 1 heterocycles. The van der Waals surface area contributed by atoms with Crippen molar-refractivity contribution in [1.82, 2.24) is 9.78 Å². The lowest BCUT2D eigenvalue weighted by Crippen LogP contribution is -2.01. The van der Waals surface area contributed by atoms with Gasteiger partial charge in [-0.2, -0.15) is 5.10 Å². The van der Waals surface area contributed by atoms with Gasteiger partial charge in [0, 0.05) is 30.4 Å². The van der Waals surface area contributed by atoms with Crippen LogP contribution in [0.1, 0.15) is 5.56 Å². The molecular weight excluding hydrogens is 246 g/mol. The van der Waals surface area contributed by atoms with Crippen LogP contribution in [0.15, 0.2) is 60.8 Å². The highest BCUT2D eigenvalue weighted by Gasteiger charge is 2.10. The van der Waals surface area contributed by atoms with E-state index in [1.807, 2.05) is 60.4 Å². The second-order valence-electron chi connectivity index (χ2n) is 4.65. The molecule has 0 aliphatic rings. The van der Waals surface area contributed by atoms with Gasteiger partial charge in [0.2, 0.25) is 0 Å². The van der Waals surface area contributed by atoms with Gasteiger partial charge < -0.3 is 5.32 Å². The maximum atomic E-state index is 4.38. The fourth-order valence-electron chi connectivity index (χ4n) is 2.28. The number of nitrogens with zero attached hydrogens (tertiary/aromatic N) is 2. The molecule has 20 heavy (non-hydrogen) atoms. The van der Waals surface area contributed by atoms with E-state index in [0.29, 0.717) is 0 Å². The number of aromatic nitrogens is 2. The maximum absolute atomic E-state index is 4.38. The minimum atomic E-state index is 0.752. The first kappa shape index (κ1) is 12.5. The molecule has 0 fully saturated rings. The summed E-state index contributed by atoms with van der Waals surface area (Å²) >= 11 is 0. The normalized spacial score (nSPS) is 10.4. The number of aryl methyl sites for hydroxylation is 1. The summed E-state index contributed by atoms with van der Waals surface area (Å²) in [7, 11) is 1.98. The molecule has 3 nitrogen and oxygen atoms in total. The van der Waals surface area contributed by atoms with E-state index in [0.717, 1.165) is 17.9 Å². The lowest BCUT2D eigenvalue weighted by molar-refractivity contribution is 0.775. The topological polar surface area (TPSA) is 29.9 Å². The number of benzene rings is 2. The molecule has 3 heteroatoms. The van der Waals surface area contributed by atoms with Crippen LogP contribution in [0.5, 0.6) is 0 Å². The zero-order valence-electron chi connectivity index (χ0n) is 11.4. The van der Waals surface area contributed by atoms with Crippen LogP contribution >= 0.6 is 0 Å². The molecule has 0 spiro atoms. The lowest BCUT2D eigenvalue weighted by atomic mass is 10.1. The molecule has 99 valence electrons.